The molecule has 1 rings (SSSR count). The van der Waals surface area contributed by atoms with Gasteiger partial charge in [0, 0.05) is 33.4 Å². The van der Waals surface area contributed by atoms with Crippen LogP contribution in [0.25, 0.3) is 0 Å². The fourth-order valence-corrected chi connectivity index (χ4v) is 1.92. The highest BCUT2D eigenvalue weighted by atomic mass is 16.5. The summed E-state index contributed by atoms with van der Waals surface area (Å²) in [5, 5.41) is 5.97. The molecule has 17 heavy (non-hydrogen) atoms. The van der Waals surface area contributed by atoms with E-state index in [1.54, 1.807) is 7.11 Å². The first-order chi connectivity index (χ1) is 8.16. The molecule has 1 aliphatic heterocycles. The third kappa shape index (κ3) is 6.00. The Morgan fingerprint density at radius 3 is 3.00 bits per heavy atom. The van der Waals surface area contributed by atoms with Gasteiger partial charge in [-0.3, -0.25) is 4.79 Å². The topological polar surface area (TPSA) is 59.6 Å². The van der Waals surface area contributed by atoms with E-state index in [4.69, 9.17) is 9.47 Å². The molecular formula is C12H24N2O3. The van der Waals surface area contributed by atoms with Gasteiger partial charge in [-0.05, 0) is 26.2 Å². The zero-order valence-corrected chi connectivity index (χ0v) is 10.9. The molecule has 5 heteroatoms. The maximum absolute atomic E-state index is 11.4. The minimum absolute atomic E-state index is 0.0303. The number of hydrogen-bond acceptors (Lipinski definition) is 4. The van der Waals surface area contributed by atoms with Crippen molar-refractivity contribution >= 4 is 5.91 Å². The van der Waals surface area contributed by atoms with E-state index < -0.39 is 0 Å². The molecular weight excluding hydrogens is 220 g/mol. The van der Waals surface area contributed by atoms with E-state index in [1.807, 2.05) is 0 Å². The highest BCUT2D eigenvalue weighted by Gasteiger charge is 2.29. The minimum atomic E-state index is -0.0870. The maximum atomic E-state index is 11.4. The Morgan fingerprint density at radius 1 is 1.53 bits per heavy atom. The first-order valence-corrected chi connectivity index (χ1v) is 6.27. The zero-order valence-electron chi connectivity index (χ0n) is 10.9. The second-order valence-electron chi connectivity index (χ2n) is 4.70. The Morgan fingerprint density at radius 2 is 2.35 bits per heavy atom. The Hall–Kier alpha value is -0.650. The van der Waals surface area contributed by atoms with E-state index in [0.717, 1.165) is 32.4 Å². The van der Waals surface area contributed by atoms with E-state index in [9.17, 15) is 4.79 Å². The van der Waals surface area contributed by atoms with Crippen LogP contribution in [0.5, 0.6) is 0 Å². The second kappa shape index (κ2) is 7.63. The summed E-state index contributed by atoms with van der Waals surface area (Å²) in [5.41, 5.74) is -0.0870. The van der Waals surface area contributed by atoms with Crippen LogP contribution in [0.4, 0.5) is 0 Å². The van der Waals surface area contributed by atoms with Crippen molar-refractivity contribution in [1.29, 1.82) is 0 Å². The highest BCUT2D eigenvalue weighted by Crippen LogP contribution is 2.23. The third-order valence-corrected chi connectivity index (χ3v) is 2.93. The lowest BCUT2D eigenvalue weighted by molar-refractivity contribution is -0.120. The van der Waals surface area contributed by atoms with Gasteiger partial charge in [-0.15, -0.1) is 0 Å². The maximum Gasteiger partial charge on any atom is 0.233 e. The smallest absolute Gasteiger partial charge is 0.233 e. The molecule has 1 saturated heterocycles. The number of hydrogen-bond donors (Lipinski definition) is 2. The lowest BCUT2D eigenvalue weighted by Crippen LogP contribution is -2.42. The summed E-state index contributed by atoms with van der Waals surface area (Å²) in [5.74, 6) is 0.0303. The van der Waals surface area contributed by atoms with E-state index in [2.05, 4.69) is 17.6 Å². The second-order valence-corrected chi connectivity index (χ2v) is 4.70. The van der Waals surface area contributed by atoms with Crippen LogP contribution < -0.4 is 10.6 Å². The normalized spacial score (nSPS) is 23.9. The predicted octanol–water partition coefficient (Wildman–Crippen LogP) is 0.298. The SMILES string of the molecule is COCCCNC(=O)CNCC1(C)CCCO1. The molecule has 1 heterocycles. The molecule has 100 valence electrons. The van der Waals surface area contributed by atoms with Crippen LogP contribution in [0.2, 0.25) is 0 Å². The lowest BCUT2D eigenvalue weighted by Gasteiger charge is -2.23. The molecule has 1 amide bonds. The van der Waals surface area contributed by atoms with Crippen LogP contribution in [-0.4, -0.2) is 51.5 Å². The first-order valence-electron chi connectivity index (χ1n) is 6.27. The fraction of sp³-hybridized carbons (Fsp3) is 0.917. The van der Waals surface area contributed by atoms with E-state index >= 15 is 0 Å². The highest BCUT2D eigenvalue weighted by molar-refractivity contribution is 5.77. The van der Waals surface area contributed by atoms with Gasteiger partial charge >= 0.3 is 0 Å². The van der Waals surface area contributed by atoms with Gasteiger partial charge in [-0.2, -0.15) is 0 Å². The molecule has 0 radical (unpaired) electrons. The van der Waals surface area contributed by atoms with Crippen molar-refractivity contribution in [2.45, 2.75) is 31.8 Å². The summed E-state index contributed by atoms with van der Waals surface area (Å²) >= 11 is 0. The van der Waals surface area contributed by atoms with Crippen molar-refractivity contribution in [3.8, 4) is 0 Å². The molecule has 0 aromatic rings. The Labute approximate surface area is 103 Å². The van der Waals surface area contributed by atoms with Gasteiger partial charge in [0.1, 0.15) is 0 Å². The Bertz CT molecular complexity index is 228. The monoisotopic (exact) mass is 244 g/mol. The Balaban J connectivity index is 2.00. The van der Waals surface area contributed by atoms with Crippen molar-refractivity contribution in [1.82, 2.24) is 10.6 Å². The molecule has 1 unspecified atom stereocenters. The summed E-state index contributed by atoms with van der Waals surface area (Å²) in [6.07, 6.45) is 3.03. The number of rotatable bonds is 8. The molecule has 0 aromatic heterocycles. The molecule has 5 nitrogen and oxygen atoms in total. The largest absolute Gasteiger partial charge is 0.385 e. The van der Waals surface area contributed by atoms with Crippen LogP contribution in [0.15, 0.2) is 0 Å². The van der Waals surface area contributed by atoms with Gasteiger partial charge in [0.15, 0.2) is 0 Å². The standard InChI is InChI=1S/C12H24N2O3/c1-12(5-3-8-17-12)10-13-9-11(15)14-6-4-7-16-2/h13H,3-10H2,1-2H3,(H,14,15). The average Bonchev–Trinajstić information content (AvgIpc) is 2.72. The van der Waals surface area contributed by atoms with Crippen molar-refractivity contribution in [3.05, 3.63) is 0 Å². The van der Waals surface area contributed by atoms with Gasteiger partial charge in [0.05, 0.1) is 12.1 Å². The van der Waals surface area contributed by atoms with Gasteiger partial charge in [0.25, 0.3) is 0 Å². The molecule has 1 aliphatic rings. The number of nitrogens with one attached hydrogen (secondary N) is 2. The lowest BCUT2D eigenvalue weighted by atomic mass is 10.0. The van der Waals surface area contributed by atoms with Gasteiger partial charge < -0.3 is 20.1 Å². The van der Waals surface area contributed by atoms with Crippen LogP contribution in [0, 0.1) is 0 Å². The Kier molecular flexibility index (Phi) is 6.47. The third-order valence-electron chi connectivity index (χ3n) is 2.93. The summed E-state index contributed by atoms with van der Waals surface area (Å²) in [4.78, 5) is 11.4. The summed E-state index contributed by atoms with van der Waals surface area (Å²) in [6, 6.07) is 0. The van der Waals surface area contributed by atoms with Crippen LogP contribution in [-0.2, 0) is 14.3 Å². The average molecular weight is 244 g/mol. The van der Waals surface area contributed by atoms with Gasteiger partial charge in [0.2, 0.25) is 5.91 Å². The zero-order chi connectivity index (χ0) is 12.6. The van der Waals surface area contributed by atoms with E-state index in [-0.39, 0.29) is 11.5 Å². The number of methoxy groups -OCH3 is 1. The number of carbonyl (C=O) groups excluding carboxylic acids is 1. The number of ether oxygens (including phenoxy) is 2. The summed E-state index contributed by atoms with van der Waals surface area (Å²) in [7, 11) is 1.66. The van der Waals surface area contributed by atoms with E-state index in [0.29, 0.717) is 19.7 Å². The van der Waals surface area contributed by atoms with Crippen molar-refractivity contribution in [2.24, 2.45) is 0 Å². The molecule has 0 spiro atoms. The van der Waals surface area contributed by atoms with Gasteiger partial charge in [-0.25, -0.2) is 0 Å². The molecule has 0 aliphatic carbocycles. The predicted molar refractivity (Wildman–Crippen MR) is 66.0 cm³/mol. The molecule has 2 N–H and O–H groups in total. The van der Waals surface area contributed by atoms with Crippen molar-refractivity contribution in [3.63, 3.8) is 0 Å². The minimum Gasteiger partial charge on any atom is -0.385 e. The van der Waals surface area contributed by atoms with Crippen molar-refractivity contribution < 1.29 is 14.3 Å². The molecule has 0 bridgehead atoms. The molecule has 1 atom stereocenters. The molecule has 1 fully saturated rings. The van der Waals surface area contributed by atoms with Crippen molar-refractivity contribution in [2.75, 3.05) is 40.0 Å². The van der Waals surface area contributed by atoms with Crippen LogP contribution in [0.3, 0.4) is 0 Å². The summed E-state index contributed by atoms with van der Waals surface area (Å²) in [6.45, 7) is 5.36. The van der Waals surface area contributed by atoms with Crippen LogP contribution >= 0.6 is 0 Å². The molecule has 0 aromatic carbocycles. The van der Waals surface area contributed by atoms with Gasteiger partial charge in [-0.1, -0.05) is 0 Å². The first kappa shape index (κ1) is 14.4. The quantitative estimate of drug-likeness (QED) is 0.603. The van der Waals surface area contributed by atoms with E-state index in [1.165, 1.54) is 0 Å². The number of carbonyl (C=O) groups is 1. The molecule has 0 saturated carbocycles. The van der Waals surface area contributed by atoms with Crippen LogP contribution in [0.1, 0.15) is 26.2 Å². The number of amides is 1. The summed E-state index contributed by atoms with van der Waals surface area (Å²) < 4.78 is 10.5. The fourth-order valence-electron chi connectivity index (χ4n) is 1.92.